The summed E-state index contributed by atoms with van der Waals surface area (Å²) in [6, 6.07) is 24.6. The second kappa shape index (κ2) is 16.8. The van der Waals surface area contributed by atoms with Crippen LogP contribution in [0.5, 0.6) is 0 Å². The first-order chi connectivity index (χ1) is 19.2. The molecular weight excluding hydrogens is 647 g/mol. The molecule has 0 aliphatic heterocycles. The van der Waals surface area contributed by atoms with Gasteiger partial charge in [-0.05, 0) is 86.4 Å². The van der Waals surface area contributed by atoms with E-state index in [-0.39, 0.29) is 14.9 Å². The third-order valence-corrected chi connectivity index (χ3v) is 15.0. The van der Waals surface area contributed by atoms with Crippen LogP contribution in [0.15, 0.2) is 71.8 Å². The quantitative estimate of drug-likeness (QED) is 0.119. The number of hydrogen-bond donors (Lipinski definition) is 0. The van der Waals surface area contributed by atoms with Crippen molar-refractivity contribution in [1.29, 1.82) is 0 Å². The zero-order chi connectivity index (χ0) is 28.9. The minimum absolute atomic E-state index is 0. The Morgan fingerprint density at radius 2 is 1.10 bits per heavy atom. The van der Waals surface area contributed by atoms with E-state index < -0.39 is 28.9 Å². The number of rotatable bonds is 9. The number of hydrogen-bond acceptors (Lipinski definition) is 0. The monoisotopic (exact) mass is 694 g/mol. The van der Waals surface area contributed by atoms with E-state index in [1.165, 1.54) is 71.5 Å². The third-order valence-electron chi connectivity index (χ3n) is 9.36. The molecule has 0 nitrogen and oxygen atoms in total. The van der Waals surface area contributed by atoms with Gasteiger partial charge in [0.1, 0.15) is 0 Å². The molecule has 5 rings (SSSR count). The van der Waals surface area contributed by atoms with E-state index in [4.69, 9.17) is 17.0 Å². The molecule has 0 fully saturated rings. The molecule has 0 heterocycles. The molecule has 0 amide bonds. The molecule has 2 unspecified atom stereocenters. The molecule has 0 aromatic heterocycles. The van der Waals surface area contributed by atoms with Gasteiger partial charge in [0.15, 0.2) is 0 Å². The Hall–Kier alpha value is -1.18. The number of fused-ring (bicyclic) bond motifs is 2. The van der Waals surface area contributed by atoms with Gasteiger partial charge in [-0.25, -0.2) is 0 Å². The summed E-state index contributed by atoms with van der Waals surface area (Å²) in [5.41, 5.74) is 16.4. The SMILES string of the molecule is CC1=Cc2c(C)cccc2C1[Si](C)(CCCCCCc1ccc(C)cc1)C1C(C)=Cc2c(C)cccc21.[CH3-].[CH3-].[Cl][Zr+2][Cl]. The Bertz CT molecular complexity index is 1300. The summed E-state index contributed by atoms with van der Waals surface area (Å²) in [5, 5.41) is 0. The standard InChI is InChI=1S/C36H44Si.2CH3.2ClH.Zr/c1-25-18-20-30(21-19-25)15-9-7-8-10-22-37(6,35-28(4)23-33-26(2)13-11-16-31(33)35)36-29(5)24-34-27(3)14-12-17-32(34)36;;;;;/h11-14,16-21,23-24,35-36H,7-10,15,22H2,1-6H3;2*1H3;2*1H;/q;2*-1;;;+4/p-2. The summed E-state index contributed by atoms with van der Waals surface area (Å²) in [4.78, 5) is 0. The second-order valence-electron chi connectivity index (χ2n) is 12.3. The van der Waals surface area contributed by atoms with Crippen molar-refractivity contribution in [3.05, 3.63) is 131 Å². The molecule has 2 atom stereocenters. The maximum absolute atomic E-state index is 4.93. The van der Waals surface area contributed by atoms with Gasteiger partial charge in [0.05, 0.1) is 8.07 Å². The molecule has 4 heteroatoms. The van der Waals surface area contributed by atoms with Crippen LogP contribution in [0.25, 0.3) is 12.2 Å². The van der Waals surface area contributed by atoms with Crippen molar-refractivity contribution < 1.29 is 20.8 Å². The van der Waals surface area contributed by atoms with Crippen molar-refractivity contribution in [2.45, 2.75) is 90.4 Å². The second-order valence-corrected chi connectivity index (χ2v) is 20.7. The van der Waals surface area contributed by atoms with Crippen molar-refractivity contribution in [3.63, 3.8) is 0 Å². The van der Waals surface area contributed by atoms with Crippen LogP contribution < -0.4 is 0 Å². The number of aryl methyl sites for hydroxylation is 4. The Morgan fingerprint density at radius 1 is 0.643 bits per heavy atom. The average Bonchev–Trinajstić information content (AvgIpc) is 3.46. The van der Waals surface area contributed by atoms with Crippen molar-refractivity contribution in [3.8, 4) is 0 Å². The number of allylic oxidation sites excluding steroid dienone is 2. The summed E-state index contributed by atoms with van der Waals surface area (Å²) in [5.74, 6) is 0. The molecule has 3 aromatic carbocycles. The Morgan fingerprint density at radius 3 is 1.57 bits per heavy atom. The molecular formula is C38H50Cl2SiZr. The van der Waals surface area contributed by atoms with Crippen molar-refractivity contribution in [1.82, 2.24) is 0 Å². The molecule has 2 aliphatic carbocycles. The van der Waals surface area contributed by atoms with Crippen LogP contribution in [0.3, 0.4) is 0 Å². The summed E-state index contributed by atoms with van der Waals surface area (Å²) < 4.78 is 0. The molecule has 0 saturated heterocycles. The van der Waals surface area contributed by atoms with Gasteiger partial charge in [-0.15, -0.1) is 0 Å². The first-order valence-electron chi connectivity index (χ1n) is 14.8. The minimum atomic E-state index is -1.82. The first kappa shape index (κ1) is 37.0. The van der Waals surface area contributed by atoms with Gasteiger partial charge < -0.3 is 14.9 Å². The van der Waals surface area contributed by atoms with Crippen LogP contribution in [-0.4, -0.2) is 8.07 Å². The molecule has 42 heavy (non-hydrogen) atoms. The van der Waals surface area contributed by atoms with Crippen LogP contribution in [0.2, 0.25) is 12.6 Å². The predicted molar refractivity (Wildman–Crippen MR) is 189 cm³/mol. The normalized spacial score (nSPS) is 17.6. The van der Waals surface area contributed by atoms with E-state index in [2.05, 4.69) is 114 Å². The van der Waals surface area contributed by atoms with Gasteiger partial charge in [0, 0.05) is 11.1 Å². The van der Waals surface area contributed by atoms with Crippen LogP contribution in [0.1, 0.15) is 95.1 Å². The maximum atomic E-state index is 4.93. The fraction of sp³-hybridized carbons (Fsp3) is 0.368. The van der Waals surface area contributed by atoms with Crippen LogP contribution in [-0.2, 0) is 27.3 Å². The number of halogens is 2. The van der Waals surface area contributed by atoms with Crippen LogP contribution >= 0.6 is 17.0 Å². The van der Waals surface area contributed by atoms with E-state index in [1.54, 1.807) is 22.3 Å². The molecule has 2 aliphatic rings. The predicted octanol–water partition coefficient (Wildman–Crippen LogP) is 12.6. The van der Waals surface area contributed by atoms with Gasteiger partial charge >= 0.3 is 37.9 Å². The summed E-state index contributed by atoms with van der Waals surface area (Å²) in [6.07, 6.45) is 11.6. The Labute approximate surface area is 277 Å². The van der Waals surface area contributed by atoms with E-state index in [0.29, 0.717) is 11.1 Å². The van der Waals surface area contributed by atoms with E-state index >= 15 is 0 Å². The summed E-state index contributed by atoms with van der Waals surface area (Å²) in [6.45, 7) is 14.3. The molecule has 0 bridgehead atoms. The third kappa shape index (κ3) is 8.10. The number of benzene rings is 3. The number of unbranched alkanes of at least 4 members (excludes halogenated alkanes) is 3. The van der Waals surface area contributed by atoms with Crippen LogP contribution in [0, 0.1) is 35.6 Å². The summed E-state index contributed by atoms with van der Waals surface area (Å²) >= 11 is -0.826. The van der Waals surface area contributed by atoms with Crippen molar-refractivity contribution in [2.75, 3.05) is 0 Å². The van der Waals surface area contributed by atoms with Crippen LogP contribution in [0.4, 0.5) is 0 Å². The molecule has 224 valence electrons. The topological polar surface area (TPSA) is 0 Å². The van der Waals surface area contributed by atoms with E-state index in [0.717, 1.165) is 0 Å². The zero-order valence-electron chi connectivity index (χ0n) is 27.1. The Kier molecular flexibility index (Phi) is 14.8. The molecule has 0 saturated carbocycles. The van der Waals surface area contributed by atoms with Gasteiger partial charge in [0.2, 0.25) is 0 Å². The van der Waals surface area contributed by atoms with Gasteiger partial charge in [-0.1, -0.05) is 121 Å². The van der Waals surface area contributed by atoms with Crippen molar-refractivity contribution in [2.24, 2.45) is 0 Å². The zero-order valence-corrected chi connectivity index (χ0v) is 32.1. The van der Waals surface area contributed by atoms with E-state index in [1.807, 2.05) is 0 Å². The first-order valence-corrected chi connectivity index (χ1v) is 24.0. The van der Waals surface area contributed by atoms with Gasteiger partial charge in [-0.2, -0.15) is 0 Å². The summed E-state index contributed by atoms with van der Waals surface area (Å²) in [7, 11) is 8.04. The Balaban J connectivity index is 0.00000118. The van der Waals surface area contributed by atoms with E-state index in [9.17, 15) is 0 Å². The molecule has 0 radical (unpaired) electrons. The van der Waals surface area contributed by atoms with Crippen molar-refractivity contribution >= 4 is 37.3 Å². The average molecular weight is 697 g/mol. The molecule has 0 spiro atoms. The molecule has 0 N–H and O–H groups in total. The van der Waals surface area contributed by atoms with Gasteiger partial charge in [0.25, 0.3) is 0 Å². The fourth-order valence-electron chi connectivity index (χ4n) is 7.57. The molecule has 3 aromatic rings. The van der Waals surface area contributed by atoms with Gasteiger partial charge in [-0.3, -0.25) is 0 Å². The fourth-order valence-corrected chi connectivity index (χ4v) is 13.7.